The molecule has 1 heterocycles. The van der Waals surface area contributed by atoms with Gasteiger partial charge in [0.1, 0.15) is 22.2 Å². The fourth-order valence-corrected chi connectivity index (χ4v) is 3.63. The number of sulfone groups is 1. The highest BCUT2D eigenvalue weighted by molar-refractivity contribution is 7.92. The zero-order valence-corrected chi connectivity index (χ0v) is 14.3. The van der Waals surface area contributed by atoms with Crippen molar-refractivity contribution in [3.8, 4) is 0 Å². The van der Waals surface area contributed by atoms with Crippen LogP contribution in [0.25, 0.3) is 0 Å². The molecule has 7 heteroatoms. The standard InChI is InChI=1S/C17H19FN2O3S/c1-12(2)8-15(21)11-24(22,23)17-10-19-7-6-16(17)20-14-5-3-4-13(18)9-14/h3-7,9-10,12H,8,11H2,1-2H3,(H,19,20). The Morgan fingerprint density at radius 3 is 2.71 bits per heavy atom. The maximum atomic E-state index is 13.3. The van der Waals surface area contributed by atoms with Gasteiger partial charge in [-0.1, -0.05) is 19.9 Å². The summed E-state index contributed by atoms with van der Waals surface area (Å²) in [6, 6.07) is 7.15. The molecule has 0 saturated carbocycles. The number of halogens is 1. The maximum Gasteiger partial charge on any atom is 0.189 e. The number of nitrogens with zero attached hydrogens (tertiary/aromatic N) is 1. The Hall–Kier alpha value is -2.28. The van der Waals surface area contributed by atoms with E-state index in [9.17, 15) is 17.6 Å². The Balaban J connectivity index is 2.29. The summed E-state index contributed by atoms with van der Waals surface area (Å²) in [5.74, 6) is -1.27. The molecule has 0 bridgehead atoms. The first kappa shape index (κ1) is 18.1. The second-order valence-electron chi connectivity index (χ2n) is 5.90. The molecule has 0 aliphatic heterocycles. The van der Waals surface area contributed by atoms with Crippen LogP contribution in [0.4, 0.5) is 15.8 Å². The summed E-state index contributed by atoms with van der Waals surface area (Å²) in [6.07, 6.45) is 2.82. The summed E-state index contributed by atoms with van der Waals surface area (Å²) in [7, 11) is -3.83. The van der Waals surface area contributed by atoms with E-state index in [4.69, 9.17) is 0 Å². The van der Waals surface area contributed by atoms with Crippen LogP contribution in [0.3, 0.4) is 0 Å². The number of nitrogens with one attached hydrogen (secondary N) is 1. The van der Waals surface area contributed by atoms with E-state index < -0.39 is 21.4 Å². The van der Waals surface area contributed by atoms with Crippen LogP contribution in [0.1, 0.15) is 20.3 Å². The number of ketones is 1. The molecular formula is C17H19FN2O3S. The van der Waals surface area contributed by atoms with E-state index in [0.717, 1.165) is 0 Å². The van der Waals surface area contributed by atoms with Crippen molar-refractivity contribution in [2.45, 2.75) is 25.2 Å². The molecule has 0 unspecified atom stereocenters. The summed E-state index contributed by atoms with van der Waals surface area (Å²) in [6.45, 7) is 3.71. The lowest BCUT2D eigenvalue weighted by Crippen LogP contribution is -2.18. The number of pyridine rings is 1. The number of aromatic nitrogens is 1. The average Bonchev–Trinajstić information content (AvgIpc) is 2.46. The zero-order valence-electron chi connectivity index (χ0n) is 13.5. The van der Waals surface area contributed by atoms with Crippen molar-refractivity contribution in [2.75, 3.05) is 11.1 Å². The Labute approximate surface area is 140 Å². The summed E-state index contributed by atoms with van der Waals surface area (Å²) in [5.41, 5.74) is 0.666. The zero-order chi connectivity index (χ0) is 17.7. The van der Waals surface area contributed by atoms with Crippen LogP contribution >= 0.6 is 0 Å². The van der Waals surface area contributed by atoms with Crippen LogP contribution in [0, 0.1) is 11.7 Å². The van der Waals surface area contributed by atoms with Gasteiger partial charge in [0.05, 0.1) is 5.69 Å². The van der Waals surface area contributed by atoms with Crippen molar-refractivity contribution in [3.05, 3.63) is 48.5 Å². The lowest BCUT2D eigenvalue weighted by molar-refractivity contribution is -0.117. The minimum Gasteiger partial charge on any atom is -0.354 e. The van der Waals surface area contributed by atoms with Crippen LogP contribution in [-0.2, 0) is 14.6 Å². The van der Waals surface area contributed by atoms with E-state index in [-0.39, 0.29) is 28.7 Å². The molecule has 0 atom stereocenters. The monoisotopic (exact) mass is 350 g/mol. The van der Waals surface area contributed by atoms with Crippen molar-refractivity contribution in [1.82, 2.24) is 4.98 Å². The summed E-state index contributed by atoms with van der Waals surface area (Å²) < 4.78 is 38.3. The Bertz CT molecular complexity index is 835. The van der Waals surface area contributed by atoms with Gasteiger partial charge in [-0.15, -0.1) is 0 Å². The van der Waals surface area contributed by atoms with Gasteiger partial charge in [-0.2, -0.15) is 0 Å². The normalized spacial score (nSPS) is 11.5. The number of anilines is 2. The molecule has 1 aromatic carbocycles. The third-order valence-corrected chi connectivity index (χ3v) is 4.91. The van der Waals surface area contributed by atoms with Crippen LogP contribution < -0.4 is 5.32 Å². The quantitative estimate of drug-likeness (QED) is 0.829. The van der Waals surface area contributed by atoms with Gasteiger partial charge in [0.15, 0.2) is 9.84 Å². The topological polar surface area (TPSA) is 76.1 Å². The fraction of sp³-hybridized carbons (Fsp3) is 0.294. The lowest BCUT2D eigenvalue weighted by Gasteiger charge is -2.12. The molecule has 0 fully saturated rings. The molecule has 128 valence electrons. The van der Waals surface area contributed by atoms with Crippen LogP contribution in [0.15, 0.2) is 47.6 Å². The summed E-state index contributed by atoms with van der Waals surface area (Å²) in [4.78, 5) is 15.6. The molecule has 2 aromatic rings. The first-order valence-corrected chi connectivity index (χ1v) is 9.14. The van der Waals surface area contributed by atoms with Crippen molar-refractivity contribution >= 4 is 27.0 Å². The van der Waals surface area contributed by atoms with Gasteiger partial charge in [-0.05, 0) is 30.2 Å². The van der Waals surface area contributed by atoms with Gasteiger partial charge in [-0.25, -0.2) is 12.8 Å². The van der Waals surface area contributed by atoms with E-state index in [1.165, 1.54) is 36.7 Å². The van der Waals surface area contributed by atoms with E-state index in [0.29, 0.717) is 5.69 Å². The number of carbonyl (C=O) groups is 1. The van der Waals surface area contributed by atoms with Crippen molar-refractivity contribution in [1.29, 1.82) is 0 Å². The largest absolute Gasteiger partial charge is 0.354 e. The Morgan fingerprint density at radius 1 is 1.29 bits per heavy atom. The molecule has 1 aromatic heterocycles. The number of Topliss-reactive ketones (excluding diaryl/α,β-unsaturated/α-hetero) is 1. The molecule has 0 amide bonds. The van der Waals surface area contributed by atoms with Gasteiger partial charge < -0.3 is 5.32 Å². The molecule has 0 radical (unpaired) electrons. The predicted octanol–water partition coefficient (Wildman–Crippen LogP) is 3.35. The van der Waals surface area contributed by atoms with Gasteiger partial charge in [0.2, 0.25) is 0 Å². The number of rotatable bonds is 7. The first-order chi connectivity index (χ1) is 11.3. The van der Waals surface area contributed by atoms with Gasteiger partial charge in [0.25, 0.3) is 0 Å². The minimum atomic E-state index is -3.83. The molecule has 1 N–H and O–H groups in total. The Morgan fingerprint density at radius 2 is 2.04 bits per heavy atom. The van der Waals surface area contributed by atoms with Crippen molar-refractivity contribution in [3.63, 3.8) is 0 Å². The molecular weight excluding hydrogens is 331 g/mol. The maximum absolute atomic E-state index is 13.3. The number of benzene rings is 1. The molecule has 5 nitrogen and oxygen atoms in total. The van der Waals surface area contributed by atoms with Gasteiger partial charge in [-0.3, -0.25) is 9.78 Å². The van der Waals surface area contributed by atoms with Crippen molar-refractivity contribution < 1.29 is 17.6 Å². The second-order valence-corrected chi connectivity index (χ2v) is 7.86. The summed E-state index contributed by atoms with van der Waals surface area (Å²) >= 11 is 0. The highest BCUT2D eigenvalue weighted by Crippen LogP contribution is 2.25. The SMILES string of the molecule is CC(C)CC(=O)CS(=O)(=O)c1cnccc1Nc1cccc(F)c1. The minimum absolute atomic E-state index is 0.0774. The number of hydrogen-bond donors (Lipinski definition) is 1. The van der Waals surface area contributed by atoms with Crippen molar-refractivity contribution in [2.24, 2.45) is 5.92 Å². The molecule has 0 aliphatic carbocycles. The third-order valence-electron chi connectivity index (χ3n) is 3.21. The smallest absolute Gasteiger partial charge is 0.189 e. The van der Waals surface area contributed by atoms with E-state index >= 15 is 0 Å². The van der Waals surface area contributed by atoms with Crippen LogP contribution in [0.2, 0.25) is 0 Å². The number of hydrogen-bond acceptors (Lipinski definition) is 5. The van der Waals surface area contributed by atoms with E-state index in [2.05, 4.69) is 10.3 Å². The Kier molecular flexibility index (Phi) is 5.66. The van der Waals surface area contributed by atoms with E-state index in [1.54, 1.807) is 6.07 Å². The molecule has 0 saturated heterocycles. The first-order valence-electron chi connectivity index (χ1n) is 7.49. The molecule has 0 spiro atoms. The third kappa shape index (κ3) is 4.86. The highest BCUT2D eigenvalue weighted by Gasteiger charge is 2.23. The number of carbonyl (C=O) groups excluding carboxylic acids is 1. The van der Waals surface area contributed by atoms with Crippen LogP contribution in [0.5, 0.6) is 0 Å². The molecule has 2 rings (SSSR count). The lowest BCUT2D eigenvalue weighted by atomic mass is 10.1. The van der Waals surface area contributed by atoms with E-state index in [1.807, 2.05) is 13.8 Å². The summed E-state index contributed by atoms with van der Waals surface area (Å²) in [5, 5.41) is 2.86. The molecule has 24 heavy (non-hydrogen) atoms. The van der Waals surface area contributed by atoms with Gasteiger partial charge >= 0.3 is 0 Å². The van der Waals surface area contributed by atoms with Gasteiger partial charge in [0, 0.05) is 24.5 Å². The second kappa shape index (κ2) is 7.53. The predicted molar refractivity (Wildman–Crippen MR) is 90.4 cm³/mol. The highest BCUT2D eigenvalue weighted by atomic mass is 32.2. The molecule has 0 aliphatic rings. The van der Waals surface area contributed by atoms with Crippen LogP contribution in [-0.4, -0.2) is 24.9 Å². The average molecular weight is 350 g/mol. The fourth-order valence-electron chi connectivity index (χ4n) is 2.26.